The fraction of sp³-hybridized carbons (Fsp3) is 0.458. The van der Waals surface area contributed by atoms with Crippen molar-refractivity contribution >= 4 is 21.6 Å². The van der Waals surface area contributed by atoms with Crippen LogP contribution < -0.4 is 14.4 Å². The van der Waals surface area contributed by atoms with Gasteiger partial charge in [-0.1, -0.05) is 58.9 Å². The second kappa shape index (κ2) is 8.54. The van der Waals surface area contributed by atoms with E-state index in [-0.39, 0.29) is 34.7 Å². The molecule has 6 nitrogen and oxygen atoms in total. The van der Waals surface area contributed by atoms with Gasteiger partial charge < -0.3 is 10.1 Å². The van der Waals surface area contributed by atoms with Gasteiger partial charge in [0.05, 0.1) is 17.1 Å². The predicted molar refractivity (Wildman–Crippen MR) is 123 cm³/mol. The van der Waals surface area contributed by atoms with Crippen LogP contribution in [0.15, 0.2) is 53.4 Å². The highest BCUT2D eigenvalue weighted by molar-refractivity contribution is 7.92. The van der Waals surface area contributed by atoms with Crippen LogP contribution in [0.1, 0.15) is 47.1 Å². The summed E-state index contributed by atoms with van der Waals surface area (Å²) in [5.74, 6) is 0.314. The fourth-order valence-corrected chi connectivity index (χ4v) is 4.77. The Kier molecular flexibility index (Phi) is 6.37. The number of fused-ring (bicyclic) bond motifs is 1. The fourth-order valence-electron chi connectivity index (χ4n) is 3.29. The molecule has 0 aromatic heterocycles. The molecule has 0 aliphatic carbocycles. The molecule has 0 bridgehead atoms. The van der Waals surface area contributed by atoms with E-state index in [0.717, 1.165) is 5.56 Å². The molecule has 1 heterocycles. The molecule has 0 radical (unpaired) electrons. The number of benzene rings is 2. The van der Waals surface area contributed by atoms with Gasteiger partial charge in [-0.05, 0) is 48.1 Å². The third-order valence-electron chi connectivity index (χ3n) is 5.69. The van der Waals surface area contributed by atoms with Crippen LogP contribution in [0.4, 0.5) is 5.69 Å². The second-order valence-electron chi connectivity index (χ2n) is 9.43. The second-order valence-corrected chi connectivity index (χ2v) is 11.3. The largest absolute Gasteiger partial charge is 0.476 e. The van der Waals surface area contributed by atoms with E-state index in [4.69, 9.17) is 4.74 Å². The molecule has 1 aliphatic rings. The van der Waals surface area contributed by atoms with E-state index in [9.17, 15) is 13.2 Å². The third-order valence-corrected chi connectivity index (χ3v) is 7.48. The van der Waals surface area contributed by atoms with Crippen LogP contribution in [0.3, 0.4) is 0 Å². The Bertz CT molecular complexity index is 1040. The van der Waals surface area contributed by atoms with Crippen molar-refractivity contribution in [3.63, 3.8) is 0 Å². The first-order chi connectivity index (χ1) is 14.4. The quantitative estimate of drug-likeness (QED) is 0.753. The van der Waals surface area contributed by atoms with Gasteiger partial charge in [0.2, 0.25) is 0 Å². The minimum absolute atomic E-state index is 0.0556. The van der Waals surface area contributed by atoms with Gasteiger partial charge in [0, 0.05) is 6.04 Å². The molecule has 1 N–H and O–H groups in total. The van der Waals surface area contributed by atoms with E-state index in [0.29, 0.717) is 11.4 Å². The number of carbonyl (C=O) groups excluding carboxylic acids is 1. The summed E-state index contributed by atoms with van der Waals surface area (Å²) in [6, 6.07) is 13.7. The smallest absolute Gasteiger partial charge is 0.264 e. The highest BCUT2D eigenvalue weighted by Gasteiger charge is 2.38. The van der Waals surface area contributed by atoms with E-state index in [1.807, 2.05) is 32.9 Å². The normalized spacial score (nSPS) is 17.6. The van der Waals surface area contributed by atoms with Gasteiger partial charge in [0.1, 0.15) is 5.75 Å². The first kappa shape index (κ1) is 23.1. The van der Waals surface area contributed by atoms with Crippen LogP contribution in [-0.4, -0.2) is 33.0 Å². The Morgan fingerprint density at radius 2 is 1.74 bits per heavy atom. The molecule has 1 amide bonds. The van der Waals surface area contributed by atoms with Crippen molar-refractivity contribution in [2.75, 3.05) is 10.8 Å². The zero-order chi connectivity index (χ0) is 23.0. The van der Waals surface area contributed by atoms with Crippen LogP contribution in [0, 0.1) is 5.92 Å². The van der Waals surface area contributed by atoms with E-state index in [2.05, 4.69) is 26.1 Å². The first-order valence-corrected chi connectivity index (χ1v) is 12.0. The Morgan fingerprint density at radius 1 is 1.10 bits per heavy atom. The third kappa shape index (κ3) is 4.87. The average molecular weight is 445 g/mol. The van der Waals surface area contributed by atoms with Gasteiger partial charge in [0.25, 0.3) is 15.9 Å². The Balaban J connectivity index is 2.06. The van der Waals surface area contributed by atoms with Gasteiger partial charge in [-0.2, -0.15) is 0 Å². The molecular weight excluding hydrogens is 412 g/mol. The predicted octanol–water partition coefficient (Wildman–Crippen LogP) is 4.10. The molecule has 0 unspecified atom stereocenters. The molecule has 3 rings (SSSR count). The number of sulfonamides is 1. The SMILES string of the molecule is CC(C)[C@H](C)NC(=O)[C@@H]1CN(S(=O)(=O)c2ccccc2)c2cc(C(C)(C)C)ccc2O1. The molecule has 168 valence electrons. The lowest BCUT2D eigenvalue weighted by molar-refractivity contribution is -0.128. The van der Waals surface area contributed by atoms with Gasteiger partial charge in [-0.3, -0.25) is 9.10 Å². The molecule has 2 aromatic carbocycles. The minimum atomic E-state index is -3.88. The van der Waals surface area contributed by atoms with Crippen molar-refractivity contribution in [2.24, 2.45) is 5.92 Å². The van der Waals surface area contributed by atoms with Crippen LogP contribution in [0.5, 0.6) is 5.75 Å². The molecule has 0 saturated heterocycles. The summed E-state index contributed by atoms with van der Waals surface area (Å²) in [6.07, 6.45) is -0.937. The van der Waals surface area contributed by atoms with Crippen molar-refractivity contribution in [3.8, 4) is 5.75 Å². The maximum Gasteiger partial charge on any atom is 0.264 e. The zero-order valence-electron chi connectivity index (χ0n) is 19.0. The summed E-state index contributed by atoms with van der Waals surface area (Å²) >= 11 is 0. The monoisotopic (exact) mass is 444 g/mol. The Morgan fingerprint density at radius 3 is 2.32 bits per heavy atom. The summed E-state index contributed by atoms with van der Waals surface area (Å²) in [5.41, 5.74) is 1.27. The number of nitrogens with zero attached hydrogens (tertiary/aromatic N) is 1. The van der Waals surface area contributed by atoms with Crippen LogP contribution in [-0.2, 0) is 20.2 Å². The standard InChI is InChI=1S/C24H32N2O4S/c1-16(2)17(3)25-23(27)22-15-26(31(28,29)19-10-8-7-9-11-19)20-14-18(24(4,5)6)12-13-21(20)30-22/h7-14,16-17,22H,15H2,1-6H3,(H,25,27)/t17-,22-/m0/s1. The van der Waals surface area contributed by atoms with Crippen LogP contribution in [0.2, 0.25) is 0 Å². The summed E-state index contributed by atoms with van der Waals surface area (Å²) < 4.78 is 34.4. The molecule has 2 aromatic rings. The highest BCUT2D eigenvalue weighted by Crippen LogP contribution is 2.40. The molecule has 31 heavy (non-hydrogen) atoms. The first-order valence-electron chi connectivity index (χ1n) is 10.6. The van der Waals surface area contributed by atoms with Gasteiger partial charge in [-0.25, -0.2) is 8.42 Å². The zero-order valence-corrected chi connectivity index (χ0v) is 19.9. The lowest BCUT2D eigenvalue weighted by Crippen LogP contribution is -2.52. The number of amides is 1. The van der Waals surface area contributed by atoms with E-state index >= 15 is 0 Å². The molecule has 7 heteroatoms. The summed E-state index contributed by atoms with van der Waals surface area (Å²) in [5, 5.41) is 2.94. The van der Waals surface area contributed by atoms with Gasteiger partial charge >= 0.3 is 0 Å². The number of anilines is 1. The topological polar surface area (TPSA) is 75.7 Å². The van der Waals surface area contributed by atoms with Crippen molar-refractivity contribution in [2.45, 2.75) is 64.0 Å². The van der Waals surface area contributed by atoms with Crippen molar-refractivity contribution in [1.82, 2.24) is 5.32 Å². The molecule has 2 atom stereocenters. The average Bonchev–Trinajstić information content (AvgIpc) is 2.72. The maximum atomic E-state index is 13.5. The number of nitrogens with one attached hydrogen (secondary N) is 1. The van der Waals surface area contributed by atoms with E-state index < -0.39 is 16.1 Å². The number of carbonyl (C=O) groups is 1. The van der Waals surface area contributed by atoms with Gasteiger partial charge in [-0.15, -0.1) is 0 Å². The summed E-state index contributed by atoms with van der Waals surface area (Å²) in [4.78, 5) is 13.1. The Labute approximate surface area is 185 Å². The minimum Gasteiger partial charge on any atom is -0.476 e. The molecular formula is C24H32N2O4S. The van der Waals surface area contributed by atoms with E-state index in [1.165, 1.54) is 4.31 Å². The number of ether oxygens (including phenoxy) is 1. The number of hydrogen-bond acceptors (Lipinski definition) is 4. The maximum absolute atomic E-state index is 13.5. The molecule has 0 fully saturated rings. The summed E-state index contributed by atoms with van der Waals surface area (Å²) in [6.45, 7) is 12.1. The number of hydrogen-bond donors (Lipinski definition) is 1. The molecule has 0 spiro atoms. The van der Waals surface area contributed by atoms with Crippen molar-refractivity contribution in [3.05, 3.63) is 54.1 Å². The summed E-state index contributed by atoms with van der Waals surface area (Å²) in [7, 11) is -3.88. The number of rotatable bonds is 5. The lowest BCUT2D eigenvalue weighted by Gasteiger charge is -2.36. The molecule has 1 aliphatic heterocycles. The van der Waals surface area contributed by atoms with Gasteiger partial charge in [0.15, 0.2) is 6.10 Å². The van der Waals surface area contributed by atoms with Crippen LogP contribution in [0.25, 0.3) is 0 Å². The highest BCUT2D eigenvalue weighted by atomic mass is 32.2. The lowest BCUT2D eigenvalue weighted by atomic mass is 9.86. The van der Waals surface area contributed by atoms with Crippen molar-refractivity contribution in [1.29, 1.82) is 0 Å². The Hall–Kier alpha value is -2.54. The van der Waals surface area contributed by atoms with Crippen molar-refractivity contribution < 1.29 is 17.9 Å². The van der Waals surface area contributed by atoms with Crippen LogP contribution >= 0.6 is 0 Å². The van der Waals surface area contributed by atoms with E-state index in [1.54, 1.807) is 36.4 Å². The molecule has 0 saturated carbocycles.